The van der Waals surface area contributed by atoms with Gasteiger partial charge in [0.05, 0.1) is 0 Å². The third kappa shape index (κ3) is 3.05. The molecule has 0 aliphatic heterocycles. The molecular formula is C13H22N4O2S. The Labute approximate surface area is 119 Å². The van der Waals surface area contributed by atoms with Crippen molar-refractivity contribution in [3.05, 3.63) is 11.3 Å². The van der Waals surface area contributed by atoms with E-state index in [1.54, 1.807) is 0 Å². The molecule has 7 heteroatoms. The van der Waals surface area contributed by atoms with Crippen LogP contribution in [0.3, 0.4) is 0 Å². The van der Waals surface area contributed by atoms with Gasteiger partial charge in [-0.15, -0.1) is 0 Å². The quantitative estimate of drug-likeness (QED) is 0.702. The molecule has 0 atom stereocenters. The van der Waals surface area contributed by atoms with Gasteiger partial charge in [0.2, 0.25) is 0 Å². The minimum atomic E-state index is -3.50. The van der Waals surface area contributed by atoms with Crippen molar-refractivity contribution in [3.8, 4) is 0 Å². The van der Waals surface area contributed by atoms with Crippen LogP contribution in [0.4, 0.5) is 0 Å². The van der Waals surface area contributed by atoms with Crippen LogP contribution < -0.4 is 10.0 Å². The number of hydrogen-bond acceptors (Lipinski definition) is 4. The van der Waals surface area contributed by atoms with Crippen LogP contribution in [0.25, 0.3) is 0 Å². The van der Waals surface area contributed by atoms with Crippen molar-refractivity contribution in [2.24, 2.45) is 5.92 Å². The van der Waals surface area contributed by atoms with Crippen molar-refractivity contribution in [1.82, 2.24) is 20.2 Å². The highest BCUT2D eigenvalue weighted by atomic mass is 32.2. The van der Waals surface area contributed by atoms with Crippen LogP contribution in [-0.2, 0) is 16.6 Å². The molecule has 0 unspecified atom stereocenters. The van der Waals surface area contributed by atoms with Gasteiger partial charge >= 0.3 is 0 Å². The van der Waals surface area contributed by atoms with Crippen molar-refractivity contribution in [1.29, 1.82) is 0 Å². The molecule has 6 nitrogen and oxygen atoms in total. The van der Waals surface area contributed by atoms with E-state index in [4.69, 9.17) is 0 Å². The first kappa shape index (κ1) is 14.0. The Morgan fingerprint density at radius 2 is 2.05 bits per heavy atom. The van der Waals surface area contributed by atoms with Gasteiger partial charge in [-0.25, -0.2) is 13.1 Å². The van der Waals surface area contributed by atoms with Gasteiger partial charge in [0.1, 0.15) is 0 Å². The number of rotatable bonds is 7. The lowest BCUT2D eigenvalue weighted by Gasteiger charge is -2.25. The molecule has 3 rings (SSSR count). The summed E-state index contributed by atoms with van der Waals surface area (Å²) in [6.45, 7) is 2.96. The number of aromatic amines is 1. The summed E-state index contributed by atoms with van der Waals surface area (Å²) in [7, 11) is -3.50. The molecule has 0 amide bonds. The fourth-order valence-corrected chi connectivity index (χ4v) is 3.69. The lowest BCUT2D eigenvalue weighted by molar-refractivity contribution is 0.316. The van der Waals surface area contributed by atoms with Crippen molar-refractivity contribution >= 4 is 10.0 Å². The molecule has 1 aromatic heterocycles. The number of aryl methyl sites for hydroxylation is 1. The van der Waals surface area contributed by atoms with E-state index in [1.807, 2.05) is 6.92 Å². The standard InChI is InChI=1S/C13H22N4O2S/c1-9-12(8-14-11-5-6-11)13(17-16-9)20(18,19)15-7-10-3-2-4-10/h10-11,14-15H,2-8H2,1H3,(H,16,17). The Morgan fingerprint density at radius 1 is 1.30 bits per heavy atom. The third-order valence-corrected chi connectivity index (χ3v) is 5.62. The van der Waals surface area contributed by atoms with Crippen LogP contribution >= 0.6 is 0 Å². The molecule has 3 N–H and O–H groups in total. The molecule has 2 aliphatic rings. The fourth-order valence-electron chi connectivity index (χ4n) is 2.39. The summed E-state index contributed by atoms with van der Waals surface area (Å²) >= 11 is 0. The molecular weight excluding hydrogens is 276 g/mol. The highest BCUT2D eigenvalue weighted by Gasteiger charge is 2.27. The minimum absolute atomic E-state index is 0.155. The van der Waals surface area contributed by atoms with Gasteiger partial charge in [0.25, 0.3) is 10.0 Å². The Bertz CT molecular complexity index is 573. The van der Waals surface area contributed by atoms with E-state index in [0.717, 1.165) is 24.1 Å². The molecule has 2 aliphatic carbocycles. The average Bonchev–Trinajstić information content (AvgIpc) is 3.08. The molecule has 0 spiro atoms. The second-order valence-electron chi connectivity index (χ2n) is 5.94. The fraction of sp³-hybridized carbons (Fsp3) is 0.769. The first-order chi connectivity index (χ1) is 9.56. The molecule has 20 heavy (non-hydrogen) atoms. The zero-order chi connectivity index (χ0) is 14.2. The maximum atomic E-state index is 12.3. The topological polar surface area (TPSA) is 86.9 Å². The van der Waals surface area contributed by atoms with Crippen molar-refractivity contribution in [2.45, 2.75) is 56.6 Å². The maximum absolute atomic E-state index is 12.3. The normalized spacial score (nSPS) is 20.1. The molecule has 2 saturated carbocycles. The van der Waals surface area contributed by atoms with Crippen LogP contribution in [0.15, 0.2) is 5.03 Å². The van der Waals surface area contributed by atoms with Gasteiger partial charge in [-0.1, -0.05) is 6.42 Å². The van der Waals surface area contributed by atoms with Crippen molar-refractivity contribution in [3.63, 3.8) is 0 Å². The Hall–Kier alpha value is -0.920. The highest BCUT2D eigenvalue weighted by Crippen LogP contribution is 2.26. The van der Waals surface area contributed by atoms with Crippen LogP contribution in [0.2, 0.25) is 0 Å². The lowest BCUT2D eigenvalue weighted by Crippen LogP contribution is -2.33. The van der Waals surface area contributed by atoms with Gasteiger partial charge in [0.15, 0.2) is 5.03 Å². The molecule has 0 aromatic carbocycles. The smallest absolute Gasteiger partial charge is 0.260 e. The van der Waals surface area contributed by atoms with Gasteiger partial charge in [-0.2, -0.15) is 5.10 Å². The molecule has 1 aromatic rings. The van der Waals surface area contributed by atoms with E-state index in [1.165, 1.54) is 19.3 Å². The van der Waals surface area contributed by atoms with Crippen LogP contribution in [0.1, 0.15) is 43.4 Å². The zero-order valence-electron chi connectivity index (χ0n) is 11.8. The summed E-state index contributed by atoms with van der Waals surface area (Å²) in [5.74, 6) is 0.498. The number of nitrogens with zero attached hydrogens (tertiary/aromatic N) is 1. The predicted octanol–water partition coefficient (Wildman–Crippen LogP) is 1.05. The second kappa shape index (κ2) is 5.46. The second-order valence-corrected chi connectivity index (χ2v) is 7.62. The van der Waals surface area contributed by atoms with Gasteiger partial charge in [0, 0.05) is 30.4 Å². The molecule has 1 heterocycles. The summed E-state index contributed by atoms with van der Waals surface area (Å²) in [5.41, 5.74) is 1.58. The Balaban J connectivity index is 1.69. The summed E-state index contributed by atoms with van der Waals surface area (Å²) in [4.78, 5) is 0. The number of hydrogen-bond donors (Lipinski definition) is 3. The maximum Gasteiger partial charge on any atom is 0.260 e. The predicted molar refractivity (Wildman–Crippen MR) is 75.7 cm³/mol. The lowest BCUT2D eigenvalue weighted by atomic mass is 9.86. The third-order valence-electron chi connectivity index (χ3n) is 4.22. The van der Waals surface area contributed by atoms with E-state index in [2.05, 4.69) is 20.2 Å². The zero-order valence-corrected chi connectivity index (χ0v) is 12.6. The molecule has 112 valence electrons. The largest absolute Gasteiger partial charge is 0.310 e. The Morgan fingerprint density at radius 3 is 2.65 bits per heavy atom. The highest BCUT2D eigenvalue weighted by molar-refractivity contribution is 7.89. The summed E-state index contributed by atoms with van der Waals surface area (Å²) in [6.07, 6.45) is 5.82. The van der Waals surface area contributed by atoms with Gasteiger partial charge in [-0.3, -0.25) is 5.10 Å². The first-order valence-corrected chi connectivity index (χ1v) is 8.81. The van der Waals surface area contributed by atoms with Crippen LogP contribution in [0.5, 0.6) is 0 Å². The summed E-state index contributed by atoms with van der Waals surface area (Å²) in [5, 5.41) is 10.3. The van der Waals surface area contributed by atoms with Crippen LogP contribution in [-0.4, -0.2) is 31.2 Å². The number of H-pyrrole nitrogens is 1. The molecule has 0 radical (unpaired) electrons. The Kier molecular flexibility index (Phi) is 3.83. The van der Waals surface area contributed by atoms with E-state index in [-0.39, 0.29) is 5.03 Å². The summed E-state index contributed by atoms with van der Waals surface area (Å²) < 4.78 is 27.4. The van der Waals surface area contributed by atoms with Crippen molar-refractivity contribution in [2.75, 3.05) is 6.54 Å². The molecule has 0 bridgehead atoms. The number of nitrogens with one attached hydrogen (secondary N) is 3. The van der Waals surface area contributed by atoms with E-state index >= 15 is 0 Å². The van der Waals surface area contributed by atoms with E-state index in [9.17, 15) is 8.42 Å². The SMILES string of the molecule is Cc1[nH]nc(S(=O)(=O)NCC2CCC2)c1CNC1CC1. The van der Waals surface area contributed by atoms with Gasteiger partial charge < -0.3 is 5.32 Å². The summed E-state index contributed by atoms with van der Waals surface area (Å²) in [6, 6.07) is 0.544. The molecule has 0 saturated heterocycles. The number of sulfonamides is 1. The molecule has 2 fully saturated rings. The monoisotopic (exact) mass is 298 g/mol. The average molecular weight is 298 g/mol. The number of aromatic nitrogens is 2. The minimum Gasteiger partial charge on any atom is -0.310 e. The van der Waals surface area contributed by atoms with Crippen molar-refractivity contribution < 1.29 is 8.42 Å². The first-order valence-electron chi connectivity index (χ1n) is 7.33. The van der Waals surface area contributed by atoms with Crippen LogP contribution in [0, 0.1) is 12.8 Å². The van der Waals surface area contributed by atoms with E-state index < -0.39 is 10.0 Å². The van der Waals surface area contributed by atoms with Gasteiger partial charge in [-0.05, 0) is 38.5 Å². The van der Waals surface area contributed by atoms with E-state index in [0.29, 0.717) is 25.0 Å².